The van der Waals surface area contributed by atoms with Crippen LogP contribution in [0.15, 0.2) is 54.6 Å². The molecule has 3 heterocycles. The van der Waals surface area contributed by atoms with Gasteiger partial charge in [0.1, 0.15) is 6.17 Å². The highest BCUT2D eigenvalue weighted by Gasteiger charge is 2.75. The summed E-state index contributed by atoms with van der Waals surface area (Å²) in [5, 5.41) is 0. The third-order valence-corrected chi connectivity index (χ3v) is 7.32. The predicted octanol–water partition coefficient (Wildman–Crippen LogP) is 3.48. The highest BCUT2D eigenvalue weighted by Crippen LogP contribution is 2.55. The Morgan fingerprint density at radius 2 is 1.52 bits per heavy atom. The zero-order chi connectivity index (χ0) is 21.3. The standard InChI is InChI=1S/C24H24N4O3/c1-25-20-18-14-8-9-15-19(18)28-23(31)27(17-12-6-3-7-13-17)22(30)24(25,28)21(29)26(20)16-10-4-2-5-11-16/h3,6-9,12-16,20H,2,4-5,10-11H2,1H3. The van der Waals surface area contributed by atoms with Crippen LogP contribution in [0.25, 0.3) is 0 Å². The van der Waals surface area contributed by atoms with Crippen molar-refractivity contribution in [1.82, 2.24) is 9.80 Å². The maximum atomic E-state index is 14.1. The van der Waals surface area contributed by atoms with Crippen molar-refractivity contribution in [1.29, 1.82) is 0 Å². The van der Waals surface area contributed by atoms with Crippen LogP contribution in [0.5, 0.6) is 0 Å². The molecule has 2 saturated heterocycles. The predicted molar refractivity (Wildman–Crippen MR) is 115 cm³/mol. The molecule has 4 aliphatic rings. The van der Waals surface area contributed by atoms with Gasteiger partial charge in [0.15, 0.2) is 0 Å². The van der Waals surface area contributed by atoms with E-state index >= 15 is 0 Å². The van der Waals surface area contributed by atoms with Gasteiger partial charge in [-0.3, -0.25) is 14.5 Å². The molecule has 1 aliphatic carbocycles. The molecular formula is C24H24N4O3. The van der Waals surface area contributed by atoms with Gasteiger partial charge >= 0.3 is 6.03 Å². The van der Waals surface area contributed by atoms with Gasteiger partial charge in [-0.05, 0) is 38.1 Å². The van der Waals surface area contributed by atoms with Crippen molar-refractivity contribution in [2.24, 2.45) is 0 Å². The minimum Gasteiger partial charge on any atom is -0.316 e. The Labute approximate surface area is 180 Å². The molecule has 6 rings (SSSR count). The van der Waals surface area contributed by atoms with Gasteiger partial charge in [-0.2, -0.15) is 0 Å². The number of imide groups is 1. The third-order valence-electron chi connectivity index (χ3n) is 7.32. The first-order valence-corrected chi connectivity index (χ1v) is 11.0. The number of urea groups is 1. The zero-order valence-electron chi connectivity index (χ0n) is 17.4. The van der Waals surface area contributed by atoms with Crippen molar-refractivity contribution >= 4 is 29.2 Å². The molecule has 1 saturated carbocycles. The summed E-state index contributed by atoms with van der Waals surface area (Å²) in [5.41, 5.74) is 0.360. The van der Waals surface area contributed by atoms with Crippen molar-refractivity contribution in [2.75, 3.05) is 16.8 Å². The molecule has 7 heteroatoms. The first kappa shape index (κ1) is 18.6. The highest BCUT2D eigenvalue weighted by atomic mass is 16.2. The molecule has 0 aromatic heterocycles. The maximum absolute atomic E-state index is 14.1. The number of benzene rings is 2. The molecule has 158 valence electrons. The van der Waals surface area contributed by atoms with E-state index in [4.69, 9.17) is 0 Å². The molecule has 4 amide bonds. The Kier molecular flexibility index (Phi) is 3.84. The molecule has 0 radical (unpaired) electrons. The van der Waals surface area contributed by atoms with E-state index in [1.807, 2.05) is 40.1 Å². The summed E-state index contributed by atoms with van der Waals surface area (Å²) in [4.78, 5) is 48.1. The minimum atomic E-state index is -1.66. The molecule has 2 aromatic carbocycles. The third kappa shape index (κ3) is 2.14. The van der Waals surface area contributed by atoms with E-state index in [1.54, 1.807) is 31.3 Å². The molecule has 31 heavy (non-hydrogen) atoms. The number of para-hydroxylation sites is 2. The lowest BCUT2D eigenvalue weighted by Gasteiger charge is -2.42. The van der Waals surface area contributed by atoms with E-state index in [9.17, 15) is 14.4 Å². The van der Waals surface area contributed by atoms with Crippen LogP contribution in [-0.2, 0) is 9.59 Å². The molecule has 2 bridgehead atoms. The van der Waals surface area contributed by atoms with E-state index in [1.165, 1.54) is 11.3 Å². The Morgan fingerprint density at radius 1 is 0.839 bits per heavy atom. The Balaban J connectivity index is 1.58. The lowest BCUT2D eigenvalue weighted by molar-refractivity contribution is -0.141. The average molecular weight is 416 g/mol. The second-order valence-corrected chi connectivity index (χ2v) is 8.81. The van der Waals surface area contributed by atoms with E-state index in [2.05, 4.69) is 0 Å². The van der Waals surface area contributed by atoms with E-state index < -0.39 is 17.6 Å². The van der Waals surface area contributed by atoms with E-state index in [0.717, 1.165) is 36.1 Å². The number of hydrogen-bond acceptors (Lipinski definition) is 4. The largest absolute Gasteiger partial charge is 0.338 e. The number of nitrogens with zero attached hydrogens (tertiary/aromatic N) is 4. The number of carbonyl (C=O) groups is 3. The summed E-state index contributed by atoms with van der Waals surface area (Å²) in [6, 6.07) is 16.1. The number of fused-ring (bicyclic) bond motifs is 4. The van der Waals surface area contributed by atoms with Gasteiger partial charge in [0, 0.05) is 11.6 Å². The molecular weight excluding hydrogens is 392 g/mol. The summed E-state index contributed by atoms with van der Waals surface area (Å²) in [6.07, 6.45) is 4.83. The molecule has 2 aromatic rings. The van der Waals surface area contributed by atoms with Crippen LogP contribution >= 0.6 is 0 Å². The molecule has 1 spiro atoms. The van der Waals surface area contributed by atoms with Gasteiger partial charge < -0.3 is 4.90 Å². The molecule has 2 unspecified atom stereocenters. The van der Waals surface area contributed by atoms with Crippen LogP contribution in [0.4, 0.5) is 16.2 Å². The summed E-state index contributed by atoms with van der Waals surface area (Å²) in [5.74, 6) is -0.770. The highest BCUT2D eigenvalue weighted by molar-refractivity contribution is 6.38. The number of hydrogen-bond donors (Lipinski definition) is 0. The van der Waals surface area contributed by atoms with Gasteiger partial charge in [0.25, 0.3) is 17.5 Å². The van der Waals surface area contributed by atoms with Gasteiger partial charge in [-0.1, -0.05) is 55.7 Å². The monoisotopic (exact) mass is 416 g/mol. The summed E-state index contributed by atoms with van der Waals surface area (Å²) in [6.45, 7) is 0. The summed E-state index contributed by atoms with van der Waals surface area (Å²) in [7, 11) is 1.80. The van der Waals surface area contributed by atoms with Crippen LogP contribution in [0.3, 0.4) is 0 Å². The average Bonchev–Trinajstić information content (AvgIpc) is 3.13. The van der Waals surface area contributed by atoms with E-state index in [0.29, 0.717) is 11.4 Å². The summed E-state index contributed by atoms with van der Waals surface area (Å²) >= 11 is 0. The first-order chi connectivity index (χ1) is 15.1. The van der Waals surface area contributed by atoms with Crippen LogP contribution < -0.4 is 9.80 Å². The molecule has 7 nitrogen and oxygen atoms in total. The number of rotatable bonds is 2. The van der Waals surface area contributed by atoms with Crippen LogP contribution in [0, 0.1) is 0 Å². The van der Waals surface area contributed by atoms with Crippen LogP contribution in [-0.4, -0.2) is 46.4 Å². The molecule has 3 fully saturated rings. The molecule has 0 N–H and O–H groups in total. The first-order valence-electron chi connectivity index (χ1n) is 11.0. The van der Waals surface area contributed by atoms with Crippen molar-refractivity contribution in [2.45, 2.75) is 50.0 Å². The topological polar surface area (TPSA) is 64.2 Å². The molecule has 2 atom stereocenters. The molecule has 3 aliphatic heterocycles. The SMILES string of the molecule is CN1C2c3ccccc3N3C(=O)N(c4ccccc4)C(=O)C31C(=O)N2C1CCCCC1. The van der Waals surface area contributed by atoms with Gasteiger partial charge in [0.05, 0.1) is 11.4 Å². The van der Waals surface area contributed by atoms with Gasteiger partial charge in [-0.15, -0.1) is 0 Å². The van der Waals surface area contributed by atoms with Crippen LogP contribution in [0.2, 0.25) is 0 Å². The zero-order valence-corrected chi connectivity index (χ0v) is 17.4. The Morgan fingerprint density at radius 3 is 2.26 bits per heavy atom. The fourth-order valence-electron chi connectivity index (χ4n) is 5.95. The van der Waals surface area contributed by atoms with E-state index in [-0.39, 0.29) is 18.1 Å². The van der Waals surface area contributed by atoms with Crippen molar-refractivity contribution in [3.05, 3.63) is 60.2 Å². The normalized spacial score (nSPS) is 28.4. The van der Waals surface area contributed by atoms with Gasteiger partial charge in [-0.25, -0.2) is 14.6 Å². The second-order valence-electron chi connectivity index (χ2n) is 8.81. The van der Waals surface area contributed by atoms with Crippen LogP contribution in [0.1, 0.15) is 43.8 Å². The number of anilines is 2. The number of likely N-dealkylation sites (N-methyl/N-ethyl adjacent to an activating group) is 1. The Bertz CT molecular complexity index is 1100. The Hall–Kier alpha value is -3.19. The smallest absolute Gasteiger partial charge is 0.316 e. The van der Waals surface area contributed by atoms with Crippen molar-refractivity contribution < 1.29 is 14.4 Å². The summed E-state index contributed by atoms with van der Waals surface area (Å²) < 4.78 is 0. The van der Waals surface area contributed by atoms with Gasteiger partial charge in [0.2, 0.25) is 0 Å². The number of amides is 4. The lowest BCUT2D eigenvalue weighted by atomic mass is 9.93. The quantitative estimate of drug-likeness (QED) is 0.556. The van der Waals surface area contributed by atoms with Crippen molar-refractivity contribution in [3.63, 3.8) is 0 Å². The number of carbonyl (C=O) groups excluding carboxylic acids is 3. The fourth-order valence-corrected chi connectivity index (χ4v) is 5.95. The minimum absolute atomic E-state index is 0.0785. The lowest BCUT2D eigenvalue weighted by Crippen LogP contribution is -2.64. The van der Waals surface area contributed by atoms with Crippen molar-refractivity contribution in [3.8, 4) is 0 Å². The second kappa shape index (κ2) is 6.40. The maximum Gasteiger partial charge on any atom is 0.338 e. The fraction of sp³-hybridized carbons (Fsp3) is 0.375.